The molecule has 0 radical (unpaired) electrons. The first-order chi connectivity index (χ1) is 10.1. The van der Waals surface area contributed by atoms with Gasteiger partial charge < -0.3 is 10.4 Å². The van der Waals surface area contributed by atoms with Crippen molar-refractivity contribution >= 4 is 23.2 Å². The molecular weight excluding hydrogens is 288 g/mol. The number of aromatic nitrogens is 1. The molecule has 0 saturated carbocycles. The molecule has 0 aliphatic rings. The number of carboxylic acids is 1. The second kappa shape index (κ2) is 6.99. The van der Waals surface area contributed by atoms with Crippen molar-refractivity contribution in [2.75, 3.05) is 6.54 Å². The number of hydrogen-bond acceptors (Lipinski definition) is 4. The molecule has 0 aliphatic heterocycles. The number of carbonyl (C=O) groups is 2. The van der Waals surface area contributed by atoms with Crippen molar-refractivity contribution in [1.82, 2.24) is 10.3 Å². The SMILES string of the molecule is Cc1nc(Cc2ccccc2)sc1C(=O)NCCC(=O)O. The average molecular weight is 304 g/mol. The van der Waals surface area contributed by atoms with E-state index in [2.05, 4.69) is 10.3 Å². The van der Waals surface area contributed by atoms with Crippen LogP contribution >= 0.6 is 11.3 Å². The Hall–Kier alpha value is -2.21. The Kier molecular flexibility index (Phi) is 5.05. The van der Waals surface area contributed by atoms with Gasteiger partial charge in [-0.05, 0) is 12.5 Å². The van der Waals surface area contributed by atoms with E-state index in [4.69, 9.17) is 5.11 Å². The first kappa shape index (κ1) is 15.2. The van der Waals surface area contributed by atoms with Gasteiger partial charge in [-0.15, -0.1) is 11.3 Å². The number of hydrogen-bond donors (Lipinski definition) is 2. The summed E-state index contributed by atoms with van der Waals surface area (Å²) in [6, 6.07) is 9.93. The lowest BCUT2D eigenvalue weighted by molar-refractivity contribution is -0.136. The Morgan fingerprint density at radius 3 is 2.67 bits per heavy atom. The van der Waals surface area contributed by atoms with Crippen molar-refractivity contribution in [2.45, 2.75) is 19.8 Å². The van der Waals surface area contributed by atoms with Crippen LogP contribution in [0.15, 0.2) is 30.3 Å². The van der Waals surface area contributed by atoms with Crippen LogP contribution in [0.5, 0.6) is 0 Å². The molecule has 0 bridgehead atoms. The zero-order valence-electron chi connectivity index (χ0n) is 11.6. The van der Waals surface area contributed by atoms with E-state index in [9.17, 15) is 9.59 Å². The van der Waals surface area contributed by atoms with Crippen LogP contribution in [-0.2, 0) is 11.2 Å². The number of carboxylic acid groups (broad SMARTS) is 1. The minimum absolute atomic E-state index is 0.0829. The lowest BCUT2D eigenvalue weighted by Gasteiger charge is -2.01. The molecule has 0 spiro atoms. The minimum atomic E-state index is -0.930. The maximum absolute atomic E-state index is 12.0. The second-order valence-electron chi connectivity index (χ2n) is 4.58. The van der Waals surface area contributed by atoms with Gasteiger partial charge in [-0.1, -0.05) is 30.3 Å². The third-order valence-electron chi connectivity index (χ3n) is 2.87. The van der Waals surface area contributed by atoms with Crippen LogP contribution in [0.25, 0.3) is 0 Å². The Morgan fingerprint density at radius 2 is 2.00 bits per heavy atom. The highest BCUT2D eigenvalue weighted by Gasteiger charge is 2.15. The molecule has 0 aliphatic carbocycles. The van der Waals surface area contributed by atoms with Crippen LogP contribution in [0.1, 0.15) is 32.4 Å². The third kappa shape index (κ3) is 4.39. The highest BCUT2D eigenvalue weighted by molar-refractivity contribution is 7.13. The van der Waals surface area contributed by atoms with Gasteiger partial charge in [-0.25, -0.2) is 4.98 Å². The molecule has 5 nitrogen and oxygen atoms in total. The van der Waals surface area contributed by atoms with Crippen LogP contribution in [0.3, 0.4) is 0 Å². The highest BCUT2D eigenvalue weighted by atomic mass is 32.1. The van der Waals surface area contributed by atoms with E-state index in [1.807, 2.05) is 30.3 Å². The smallest absolute Gasteiger partial charge is 0.305 e. The summed E-state index contributed by atoms with van der Waals surface area (Å²) in [5.74, 6) is -1.19. The monoisotopic (exact) mass is 304 g/mol. The highest BCUT2D eigenvalue weighted by Crippen LogP contribution is 2.20. The normalized spacial score (nSPS) is 10.3. The second-order valence-corrected chi connectivity index (χ2v) is 5.67. The summed E-state index contributed by atoms with van der Waals surface area (Å²) in [5, 5.41) is 12.0. The van der Waals surface area contributed by atoms with Crippen molar-refractivity contribution in [3.63, 3.8) is 0 Å². The molecular formula is C15H16N2O3S. The topological polar surface area (TPSA) is 79.3 Å². The predicted molar refractivity (Wildman–Crippen MR) is 80.7 cm³/mol. The van der Waals surface area contributed by atoms with Crippen LogP contribution < -0.4 is 5.32 Å². The quantitative estimate of drug-likeness (QED) is 0.858. The number of aryl methyl sites for hydroxylation is 1. The molecule has 0 saturated heterocycles. The minimum Gasteiger partial charge on any atom is -0.481 e. The van der Waals surface area contributed by atoms with Gasteiger partial charge in [0.25, 0.3) is 5.91 Å². The van der Waals surface area contributed by atoms with Gasteiger partial charge in [-0.2, -0.15) is 0 Å². The molecule has 2 aromatic rings. The van der Waals surface area contributed by atoms with Crippen molar-refractivity contribution in [3.05, 3.63) is 51.5 Å². The predicted octanol–water partition coefficient (Wildman–Crippen LogP) is 2.25. The summed E-state index contributed by atoms with van der Waals surface area (Å²) >= 11 is 1.35. The van der Waals surface area contributed by atoms with Gasteiger partial charge in [-0.3, -0.25) is 9.59 Å². The summed E-state index contributed by atoms with van der Waals surface area (Å²) in [6.45, 7) is 1.91. The molecule has 0 unspecified atom stereocenters. The zero-order chi connectivity index (χ0) is 15.2. The van der Waals surface area contributed by atoms with Crippen LogP contribution in [0.4, 0.5) is 0 Å². The molecule has 110 valence electrons. The summed E-state index contributed by atoms with van der Waals surface area (Å²) < 4.78 is 0. The number of amides is 1. The van der Waals surface area contributed by atoms with Crippen molar-refractivity contribution in [1.29, 1.82) is 0 Å². The third-order valence-corrected chi connectivity index (χ3v) is 4.03. The van der Waals surface area contributed by atoms with E-state index >= 15 is 0 Å². The fourth-order valence-electron chi connectivity index (χ4n) is 1.87. The number of aliphatic carboxylic acids is 1. The molecule has 0 fully saturated rings. The van der Waals surface area contributed by atoms with Crippen LogP contribution in [0, 0.1) is 6.92 Å². The number of rotatable bonds is 6. The number of nitrogens with one attached hydrogen (secondary N) is 1. The molecule has 1 aromatic carbocycles. The number of benzene rings is 1. The van der Waals surface area contributed by atoms with Crippen molar-refractivity contribution < 1.29 is 14.7 Å². The van der Waals surface area contributed by atoms with Gasteiger partial charge in [0, 0.05) is 13.0 Å². The van der Waals surface area contributed by atoms with Gasteiger partial charge in [0.1, 0.15) is 4.88 Å². The van der Waals surface area contributed by atoms with Crippen molar-refractivity contribution in [2.24, 2.45) is 0 Å². The van der Waals surface area contributed by atoms with E-state index in [1.165, 1.54) is 11.3 Å². The summed E-state index contributed by atoms with van der Waals surface area (Å²) in [5.41, 5.74) is 1.82. The first-order valence-electron chi connectivity index (χ1n) is 6.56. The number of nitrogens with zero attached hydrogens (tertiary/aromatic N) is 1. The van der Waals surface area contributed by atoms with E-state index in [0.717, 1.165) is 10.6 Å². The molecule has 1 aromatic heterocycles. The van der Waals surface area contributed by atoms with Gasteiger partial charge >= 0.3 is 5.97 Å². The lowest BCUT2D eigenvalue weighted by atomic mass is 10.2. The van der Waals surface area contributed by atoms with Gasteiger partial charge in [0.2, 0.25) is 0 Å². The lowest BCUT2D eigenvalue weighted by Crippen LogP contribution is -2.25. The first-order valence-corrected chi connectivity index (χ1v) is 7.38. The molecule has 2 N–H and O–H groups in total. The standard InChI is InChI=1S/C15H16N2O3S/c1-10-14(15(20)16-8-7-13(18)19)21-12(17-10)9-11-5-3-2-4-6-11/h2-6H,7-9H2,1H3,(H,16,20)(H,18,19). The summed E-state index contributed by atoms with van der Waals surface area (Å²) in [4.78, 5) is 27.4. The molecule has 1 amide bonds. The van der Waals surface area contributed by atoms with Crippen molar-refractivity contribution in [3.8, 4) is 0 Å². The largest absolute Gasteiger partial charge is 0.481 e. The molecule has 21 heavy (non-hydrogen) atoms. The van der Waals surface area contributed by atoms with E-state index in [0.29, 0.717) is 17.0 Å². The average Bonchev–Trinajstić information content (AvgIpc) is 2.80. The summed E-state index contributed by atoms with van der Waals surface area (Å²) in [6.07, 6.45) is 0.606. The molecule has 2 rings (SSSR count). The van der Waals surface area contributed by atoms with E-state index in [1.54, 1.807) is 6.92 Å². The van der Waals surface area contributed by atoms with Crippen LogP contribution in [-0.4, -0.2) is 28.5 Å². The summed E-state index contributed by atoms with van der Waals surface area (Å²) in [7, 11) is 0. The Morgan fingerprint density at radius 1 is 1.29 bits per heavy atom. The van der Waals surface area contributed by atoms with Gasteiger partial charge in [0.15, 0.2) is 0 Å². The van der Waals surface area contributed by atoms with Crippen LogP contribution in [0.2, 0.25) is 0 Å². The van der Waals surface area contributed by atoms with E-state index in [-0.39, 0.29) is 18.9 Å². The zero-order valence-corrected chi connectivity index (χ0v) is 12.4. The Bertz CT molecular complexity index is 638. The Labute approximate surface area is 126 Å². The fourth-order valence-corrected chi connectivity index (χ4v) is 2.89. The molecule has 6 heteroatoms. The number of thiazole rings is 1. The van der Waals surface area contributed by atoms with E-state index < -0.39 is 5.97 Å². The molecule has 1 heterocycles. The Balaban J connectivity index is 2.01. The van der Waals surface area contributed by atoms with Gasteiger partial charge in [0.05, 0.1) is 17.1 Å². The number of carbonyl (C=O) groups excluding carboxylic acids is 1. The fraction of sp³-hybridized carbons (Fsp3) is 0.267. The molecule has 0 atom stereocenters. The maximum Gasteiger partial charge on any atom is 0.305 e. The maximum atomic E-state index is 12.0.